The zero-order valence-corrected chi connectivity index (χ0v) is 24.8. The fraction of sp³-hybridized carbons (Fsp3) is 0.375. The van der Waals surface area contributed by atoms with Gasteiger partial charge in [0.25, 0.3) is 6.47 Å². The van der Waals surface area contributed by atoms with Gasteiger partial charge in [-0.15, -0.1) is 0 Å². The van der Waals surface area contributed by atoms with Crippen molar-refractivity contribution in [3.8, 4) is 0 Å². The molecule has 1 saturated carbocycles. The highest BCUT2D eigenvalue weighted by Gasteiger charge is 2.47. The number of amides is 1. The molecule has 2 fully saturated rings. The summed E-state index contributed by atoms with van der Waals surface area (Å²) in [5.41, 5.74) is 9.41. The highest BCUT2D eigenvalue weighted by atomic mass is 19.1. The van der Waals surface area contributed by atoms with E-state index in [1.54, 1.807) is 24.3 Å². The average Bonchev–Trinajstić information content (AvgIpc) is 3.63. The Balaban J connectivity index is 0.000000296. The van der Waals surface area contributed by atoms with Crippen molar-refractivity contribution >= 4 is 35.5 Å². The van der Waals surface area contributed by atoms with Crippen LogP contribution in [0.25, 0.3) is 0 Å². The number of nitrogens with one attached hydrogen (secondary N) is 2. The van der Waals surface area contributed by atoms with E-state index in [2.05, 4.69) is 67.3 Å². The highest BCUT2D eigenvalue weighted by Crippen LogP contribution is 2.45. The molecular formula is C32H38FN7O4. The molecule has 6 rings (SSSR count). The summed E-state index contributed by atoms with van der Waals surface area (Å²) in [6.07, 6.45) is 4.96. The Morgan fingerprint density at radius 3 is 2.55 bits per heavy atom. The topological polar surface area (TPSA) is 146 Å². The smallest absolute Gasteiger partial charge is 0.295 e. The van der Waals surface area contributed by atoms with Crippen molar-refractivity contribution < 1.29 is 23.8 Å². The van der Waals surface area contributed by atoms with Crippen molar-refractivity contribution in [3.63, 3.8) is 0 Å². The minimum Gasteiger partial charge on any atom is -0.434 e. The molecular weight excluding hydrogens is 565 g/mol. The number of halogens is 1. The molecule has 2 bridgehead atoms. The average molecular weight is 604 g/mol. The van der Waals surface area contributed by atoms with Crippen LogP contribution >= 0.6 is 0 Å². The molecule has 3 aromatic rings. The van der Waals surface area contributed by atoms with E-state index in [9.17, 15) is 14.0 Å². The van der Waals surface area contributed by atoms with Crippen molar-refractivity contribution in [2.75, 3.05) is 48.8 Å². The van der Waals surface area contributed by atoms with Crippen LogP contribution in [-0.4, -0.2) is 71.6 Å². The summed E-state index contributed by atoms with van der Waals surface area (Å²) >= 11 is 0. The summed E-state index contributed by atoms with van der Waals surface area (Å²) in [6.45, 7) is 6.42. The van der Waals surface area contributed by atoms with Crippen LogP contribution in [0.2, 0.25) is 0 Å². The van der Waals surface area contributed by atoms with Crippen molar-refractivity contribution in [2.45, 2.75) is 25.7 Å². The second kappa shape index (κ2) is 13.8. The first-order valence-corrected chi connectivity index (χ1v) is 14.6. The Morgan fingerprint density at radius 2 is 1.86 bits per heavy atom. The van der Waals surface area contributed by atoms with Crippen LogP contribution < -0.4 is 21.3 Å². The quantitative estimate of drug-likeness (QED) is 0.163. The Hall–Kier alpha value is -4.55. The number of aromatic nitrogens is 2. The number of hydrogen-bond acceptors (Lipinski definition) is 10. The fourth-order valence-electron chi connectivity index (χ4n) is 6.11. The summed E-state index contributed by atoms with van der Waals surface area (Å²) in [7, 11) is 2.14. The molecule has 0 radical (unpaired) electrons. The minimum absolute atomic E-state index is 0.0791. The number of likely N-dealkylation sites (N-methyl/N-ethyl adjacent to an activating group) is 1. The number of aliphatic hydroxyl groups excluding tert-OH is 1. The van der Waals surface area contributed by atoms with Gasteiger partial charge in [0.1, 0.15) is 0 Å². The Kier molecular flexibility index (Phi) is 9.71. The molecule has 5 atom stereocenters. The number of ether oxygens (including phenoxy) is 1. The summed E-state index contributed by atoms with van der Waals surface area (Å²) < 4.78 is 18.8. The van der Waals surface area contributed by atoms with Crippen LogP contribution in [-0.2, 0) is 14.3 Å². The number of nitrogens with two attached hydrogens (primary N) is 1. The predicted octanol–water partition coefficient (Wildman–Crippen LogP) is 3.36. The van der Waals surface area contributed by atoms with E-state index in [4.69, 9.17) is 10.8 Å². The number of fused-ring (bicyclic) bond motifs is 2. The first kappa shape index (κ1) is 30.9. The molecule has 2 aromatic carbocycles. The number of allylic oxidation sites excluding steroid dienone is 1. The molecule has 44 heavy (non-hydrogen) atoms. The number of carbonyl (C=O) groups excluding carboxylic acids is 2. The van der Waals surface area contributed by atoms with E-state index in [0.29, 0.717) is 11.5 Å². The minimum atomic E-state index is -1.14. The third kappa shape index (κ3) is 7.14. The van der Waals surface area contributed by atoms with Crippen molar-refractivity contribution in [1.82, 2.24) is 14.9 Å². The lowest BCUT2D eigenvalue weighted by atomic mass is 9.88. The zero-order valence-electron chi connectivity index (χ0n) is 24.8. The maximum atomic E-state index is 14.5. The molecule has 2 heterocycles. The van der Waals surface area contributed by atoms with E-state index in [1.807, 2.05) is 18.2 Å². The third-order valence-corrected chi connectivity index (χ3v) is 8.40. The van der Waals surface area contributed by atoms with Gasteiger partial charge >= 0.3 is 0 Å². The number of hydrogen-bond donors (Lipinski definition) is 4. The van der Waals surface area contributed by atoms with Gasteiger partial charge < -0.3 is 36.0 Å². The molecule has 0 unspecified atom stereocenters. The number of carbonyl (C=O) groups is 2. The number of anilines is 4. The molecule has 1 saturated heterocycles. The first-order valence-electron chi connectivity index (χ1n) is 14.6. The largest absolute Gasteiger partial charge is 0.434 e. The number of nitrogens with zero attached hydrogens (tertiary/aromatic N) is 4. The molecule has 1 amide bonds. The van der Waals surface area contributed by atoms with Gasteiger partial charge in [-0.05, 0) is 56.0 Å². The molecule has 5 N–H and O–H groups in total. The van der Waals surface area contributed by atoms with Crippen LogP contribution in [0.3, 0.4) is 0 Å². The Bertz CT molecular complexity index is 1480. The van der Waals surface area contributed by atoms with Crippen LogP contribution in [0, 0.1) is 30.5 Å². The monoisotopic (exact) mass is 603 g/mol. The van der Waals surface area contributed by atoms with Crippen LogP contribution in [0.4, 0.5) is 27.5 Å². The normalized spacial score (nSPS) is 23.0. The van der Waals surface area contributed by atoms with Gasteiger partial charge in [0.15, 0.2) is 11.6 Å². The highest BCUT2D eigenvalue weighted by molar-refractivity contribution is 5.79. The molecule has 12 heteroatoms. The summed E-state index contributed by atoms with van der Waals surface area (Å²) in [4.78, 5) is 35.0. The second-order valence-corrected chi connectivity index (χ2v) is 11.3. The van der Waals surface area contributed by atoms with E-state index >= 15 is 0 Å². The first-order chi connectivity index (χ1) is 21.2. The lowest BCUT2D eigenvalue weighted by Crippen LogP contribution is -2.44. The standard InChI is InChI=1S/C24H30FN7O.C8H8O3/c1-14-11-17(5-6-19(14)32-9-7-31(2)8-10-32)28-24-27-13-18(25)23(30-24)29-21-16-4-3-15(12-16)20(21)22(26)33;9-6-11-8(10)7-4-2-1-3-5-7/h3-6,11,13,15-16,20-21H,7-10,12H2,1-2H3,(H2,26,33)(H2,27,28,29,30);1-6,8,10H/t15-,16+,20+,21-;8-/m11/s1. The SMILES string of the molecule is Cc1cc(Nc2ncc(F)c(N[C@H]3[C@@H](C(N)=O)[C@@H]4C=C[C@H]3C4)n2)ccc1N1CCN(C)CC1.O=CO[C@@H](O)c1ccccc1. The van der Waals surface area contributed by atoms with Gasteiger partial charge in [-0.25, -0.2) is 9.37 Å². The lowest BCUT2D eigenvalue weighted by Gasteiger charge is -2.35. The van der Waals surface area contributed by atoms with E-state index in [-0.39, 0.29) is 42.0 Å². The van der Waals surface area contributed by atoms with E-state index < -0.39 is 12.1 Å². The van der Waals surface area contributed by atoms with Gasteiger partial charge in [-0.2, -0.15) is 4.98 Å². The van der Waals surface area contributed by atoms with Gasteiger partial charge in [-0.3, -0.25) is 9.59 Å². The van der Waals surface area contributed by atoms with Crippen molar-refractivity contribution in [2.24, 2.45) is 23.5 Å². The number of aliphatic hydroxyl groups is 1. The van der Waals surface area contributed by atoms with E-state index in [0.717, 1.165) is 50.0 Å². The Labute approximate surface area is 255 Å². The van der Waals surface area contributed by atoms with Crippen molar-refractivity contribution in [3.05, 3.63) is 83.8 Å². The number of aryl methyl sites for hydroxylation is 1. The van der Waals surface area contributed by atoms with Gasteiger partial charge in [0.05, 0.1) is 12.1 Å². The van der Waals surface area contributed by atoms with Gasteiger partial charge in [-0.1, -0.05) is 42.5 Å². The van der Waals surface area contributed by atoms with Crippen LogP contribution in [0.15, 0.2) is 66.9 Å². The summed E-state index contributed by atoms with van der Waals surface area (Å²) in [5.74, 6) is -0.673. The van der Waals surface area contributed by atoms with Gasteiger partial charge in [0.2, 0.25) is 18.1 Å². The molecule has 1 aromatic heterocycles. The van der Waals surface area contributed by atoms with Crippen molar-refractivity contribution in [1.29, 1.82) is 0 Å². The van der Waals surface area contributed by atoms with Crippen LogP contribution in [0.1, 0.15) is 23.8 Å². The second-order valence-electron chi connectivity index (χ2n) is 11.3. The van der Waals surface area contributed by atoms with E-state index in [1.165, 1.54) is 5.69 Å². The summed E-state index contributed by atoms with van der Waals surface area (Å²) in [6, 6.07) is 14.6. The number of primary amides is 1. The molecule has 0 spiro atoms. The lowest BCUT2D eigenvalue weighted by molar-refractivity contribution is -0.152. The molecule has 2 aliphatic carbocycles. The number of benzene rings is 2. The predicted molar refractivity (Wildman–Crippen MR) is 166 cm³/mol. The maximum Gasteiger partial charge on any atom is 0.295 e. The number of rotatable bonds is 9. The molecule has 3 aliphatic rings. The number of piperazine rings is 1. The summed E-state index contributed by atoms with van der Waals surface area (Å²) in [5, 5.41) is 15.4. The Morgan fingerprint density at radius 1 is 1.14 bits per heavy atom. The fourth-order valence-corrected chi connectivity index (χ4v) is 6.11. The zero-order chi connectivity index (χ0) is 31.2. The van der Waals surface area contributed by atoms with Crippen LogP contribution in [0.5, 0.6) is 0 Å². The molecule has 1 aliphatic heterocycles. The van der Waals surface area contributed by atoms with Gasteiger partial charge in [0, 0.05) is 49.2 Å². The molecule has 11 nitrogen and oxygen atoms in total. The maximum absolute atomic E-state index is 14.5. The third-order valence-electron chi connectivity index (χ3n) is 8.40. The molecule has 232 valence electrons.